The van der Waals surface area contributed by atoms with Gasteiger partial charge in [0, 0.05) is 12.1 Å². The molecule has 0 saturated heterocycles. The Morgan fingerprint density at radius 2 is 2.27 bits per heavy atom. The molecule has 2 heterocycles. The molecule has 0 unspecified atom stereocenters. The molecule has 0 radical (unpaired) electrons. The van der Waals surface area contributed by atoms with Gasteiger partial charge in [-0.3, -0.25) is 4.79 Å². The summed E-state index contributed by atoms with van der Waals surface area (Å²) in [5.74, 6) is 1.62. The van der Waals surface area contributed by atoms with E-state index in [-0.39, 0.29) is 11.8 Å². The molecule has 2 N–H and O–H groups in total. The summed E-state index contributed by atoms with van der Waals surface area (Å²) in [5, 5.41) is 6.48. The second-order valence-corrected chi connectivity index (χ2v) is 6.60. The molecular weight excluding hydrogens is 276 g/mol. The molecular formula is C17H24N4O. The van der Waals surface area contributed by atoms with Crippen molar-refractivity contribution in [3.63, 3.8) is 0 Å². The molecule has 22 heavy (non-hydrogen) atoms. The van der Waals surface area contributed by atoms with Crippen molar-refractivity contribution in [2.75, 3.05) is 13.1 Å². The van der Waals surface area contributed by atoms with E-state index in [1.165, 1.54) is 0 Å². The predicted octanol–water partition coefficient (Wildman–Crippen LogP) is 1.93. The van der Waals surface area contributed by atoms with Crippen LogP contribution >= 0.6 is 0 Å². The maximum atomic E-state index is 12.4. The van der Waals surface area contributed by atoms with Crippen LogP contribution in [0.25, 0.3) is 5.52 Å². The summed E-state index contributed by atoms with van der Waals surface area (Å²) < 4.78 is 2.03. The number of nitrogens with one attached hydrogen (secondary N) is 2. The zero-order valence-corrected chi connectivity index (χ0v) is 13.5. The number of aromatic nitrogens is 2. The van der Waals surface area contributed by atoms with E-state index in [1.54, 1.807) is 0 Å². The van der Waals surface area contributed by atoms with Gasteiger partial charge in [0.15, 0.2) is 0 Å². The Hall–Kier alpha value is -1.88. The molecule has 0 bridgehead atoms. The fourth-order valence-electron chi connectivity index (χ4n) is 2.99. The van der Waals surface area contributed by atoms with Crippen molar-refractivity contribution in [3.8, 4) is 0 Å². The molecule has 0 spiro atoms. The van der Waals surface area contributed by atoms with Crippen LogP contribution in [0.15, 0.2) is 30.6 Å². The van der Waals surface area contributed by atoms with E-state index >= 15 is 0 Å². The minimum absolute atomic E-state index is 0.139. The van der Waals surface area contributed by atoms with E-state index in [9.17, 15) is 4.79 Å². The average molecular weight is 300 g/mol. The van der Waals surface area contributed by atoms with Gasteiger partial charge in [0.25, 0.3) is 0 Å². The van der Waals surface area contributed by atoms with Crippen LogP contribution in [0.4, 0.5) is 0 Å². The largest absolute Gasteiger partial charge is 0.344 e. The van der Waals surface area contributed by atoms with Crippen molar-refractivity contribution >= 4 is 11.4 Å². The van der Waals surface area contributed by atoms with E-state index in [0.717, 1.165) is 30.9 Å². The van der Waals surface area contributed by atoms with Crippen molar-refractivity contribution in [3.05, 3.63) is 36.4 Å². The second kappa shape index (κ2) is 5.72. The third-order valence-electron chi connectivity index (χ3n) is 4.35. The number of pyridine rings is 1. The highest BCUT2D eigenvalue weighted by atomic mass is 16.2. The van der Waals surface area contributed by atoms with E-state index in [2.05, 4.69) is 22.5 Å². The van der Waals surface area contributed by atoms with Gasteiger partial charge in [-0.2, -0.15) is 0 Å². The van der Waals surface area contributed by atoms with Gasteiger partial charge in [0.05, 0.1) is 17.3 Å². The number of amides is 1. The summed E-state index contributed by atoms with van der Waals surface area (Å²) in [6, 6.07) is 5.98. The summed E-state index contributed by atoms with van der Waals surface area (Å²) >= 11 is 0. The molecule has 1 amide bonds. The van der Waals surface area contributed by atoms with Gasteiger partial charge in [0.2, 0.25) is 5.91 Å². The van der Waals surface area contributed by atoms with Crippen molar-refractivity contribution in [2.45, 2.75) is 32.7 Å². The van der Waals surface area contributed by atoms with E-state index in [1.807, 2.05) is 48.8 Å². The summed E-state index contributed by atoms with van der Waals surface area (Å²) in [5.41, 5.74) is 0.548. The number of hydrogen-bond donors (Lipinski definition) is 2. The maximum absolute atomic E-state index is 12.4. The summed E-state index contributed by atoms with van der Waals surface area (Å²) in [7, 11) is 0. The quantitative estimate of drug-likeness (QED) is 0.857. The lowest BCUT2D eigenvalue weighted by atomic mass is 10.0. The number of rotatable bonds is 6. The monoisotopic (exact) mass is 300 g/mol. The molecule has 5 nitrogen and oxygen atoms in total. The van der Waals surface area contributed by atoms with E-state index in [4.69, 9.17) is 0 Å². The van der Waals surface area contributed by atoms with Gasteiger partial charge in [-0.1, -0.05) is 13.0 Å². The first-order valence-corrected chi connectivity index (χ1v) is 7.98. The first-order valence-electron chi connectivity index (χ1n) is 7.98. The zero-order chi connectivity index (χ0) is 15.7. The van der Waals surface area contributed by atoms with Gasteiger partial charge in [-0.05, 0) is 51.4 Å². The second-order valence-electron chi connectivity index (χ2n) is 6.60. The normalized spacial score (nSPS) is 21.0. The Balaban J connectivity index is 1.70. The molecule has 1 aliphatic carbocycles. The third kappa shape index (κ3) is 2.86. The highest BCUT2D eigenvalue weighted by molar-refractivity contribution is 5.82. The highest BCUT2D eigenvalue weighted by Gasteiger charge is 2.44. The smallest absolute Gasteiger partial charge is 0.224 e. The van der Waals surface area contributed by atoms with Crippen LogP contribution in [0.1, 0.15) is 33.0 Å². The van der Waals surface area contributed by atoms with Gasteiger partial charge in [0.1, 0.15) is 5.82 Å². The van der Waals surface area contributed by atoms with E-state index < -0.39 is 5.54 Å². The predicted molar refractivity (Wildman–Crippen MR) is 86.5 cm³/mol. The number of carbonyl (C=O) groups is 1. The van der Waals surface area contributed by atoms with Gasteiger partial charge >= 0.3 is 0 Å². The summed E-state index contributed by atoms with van der Waals surface area (Å²) in [6.45, 7) is 7.99. The third-order valence-corrected chi connectivity index (χ3v) is 4.35. The van der Waals surface area contributed by atoms with Gasteiger partial charge in [-0.15, -0.1) is 0 Å². The van der Waals surface area contributed by atoms with Crippen LogP contribution < -0.4 is 10.6 Å². The molecule has 0 aromatic carbocycles. The Kier molecular flexibility index (Phi) is 3.91. The number of carbonyl (C=O) groups excluding carboxylic acids is 1. The lowest BCUT2D eigenvalue weighted by Gasteiger charge is -2.25. The molecule has 1 aliphatic rings. The molecule has 1 fully saturated rings. The minimum Gasteiger partial charge on any atom is -0.344 e. The molecule has 0 aliphatic heterocycles. The van der Waals surface area contributed by atoms with Crippen LogP contribution in [0, 0.1) is 11.8 Å². The molecule has 2 aromatic rings. The first kappa shape index (κ1) is 15.0. The lowest BCUT2D eigenvalue weighted by Crippen LogP contribution is -2.43. The van der Waals surface area contributed by atoms with Crippen molar-refractivity contribution < 1.29 is 4.79 Å². The highest BCUT2D eigenvalue weighted by Crippen LogP contribution is 2.38. The average Bonchev–Trinajstić information content (AvgIpc) is 3.13. The van der Waals surface area contributed by atoms with Crippen molar-refractivity contribution in [2.24, 2.45) is 11.8 Å². The van der Waals surface area contributed by atoms with Gasteiger partial charge in [-0.25, -0.2) is 4.98 Å². The molecule has 3 rings (SSSR count). The Morgan fingerprint density at radius 3 is 3.05 bits per heavy atom. The molecule has 2 atom stereocenters. The van der Waals surface area contributed by atoms with Crippen molar-refractivity contribution in [1.82, 2.24) is 20.0 Å². The Bertz CT molecular complexity index is 676. The van der Waals surface area contributed by atoms with Crippen LogP contribution in [0.2, 0.25) is 0 Å². The molecule has 5 heteroatoms. The van der Waals surface area contributed by atoms with Crippen LogP contribution in [0.5, 0.6) is 0 Å². The Labute approximate surface area is 131 Å². The van der Waals surface area contributed by atoms with Crippen LogP contribution in [-0.4, -0.2) is 28.4 Å². The number of fused-ring (bicyclic) bond motifs is 1. The lowest BCUT2D eigenvalue weighted by molar-refractivity contribution is -0.124. The standard InChI is InChI=1S/C17H24N4O/c1-4-18-10-12-9-14(12)15(22)20-17(2,3)16-19-11-13-7-5-6-8-21(13)16/h5-8,11-12,14,18H,4,9-10H2,1-3H3,(H,20,22)/t12-,14+/m0/s1. The fraction of sp³-hybridized carbons (Fsp3) is 0.529. The van der Waals surface area contributed by atoms with Crippen LogP contribution in [-0.2, 0) is 10.3 Å². The zero-order valence-electron chi connectivity index (χ0n) is 13.5. The number of nitrogens with zero attached hydrogens (tertiary/aromatic N) is 2. The number of hydrogen-bond acceptors (Lipinski definition) is 3. The first-order chi connectivity index (χ1) is 10.5. The maximum Gasteiger partial charge on any atom is 0.224 e. The number of imidazole rings is 1. The van der Waals surface area contributed by atoms with E-state index in [0.29, 0.717) is 5.92 Å². The fourth-order valence-corrected chi connectivity index (χ4v) is 2.99. The van der Waals surface area contributed by atoms with Crippen LogP contribution in [0.3, 0.4) is 0 Å². The van der Waals surface area contributed by atoms with Crippen molar-refractivity contribution in [1.29, 1.82) is 0 Å². The summed E-state index contributed by atoms with van der Waals surface area (Å²) in [6.07, 6.45) is 4.81. The molecule has 118 valence electrons. The van der Waals surface area contributed by atoms with Gasteiger partial charge < -0.3 is 15.0 Å². The SMILES string of the molecule is CCNC[C@@H]1C[C@H]1C(=O)NC(C)(C)c1ncc2ccccn12. The Morgan fingerprint density at radius 1 is 1.45 bits per heavy atom. The summed E-state index contributed by atoms with van der Waals surface area (Å²) in [4.78, 5) is 17.0. The topological polar surface area (TPSA) is 58.4 Å². The molecule has 2 aromatic heterocycles. The molecule has 1 saturated carbocycles. The minimum atomic E-state index is -0.490.